The van der Waals surface area contributed by atoms with Gasteiger partial charge in [0.25, 0.3) is 17.7 Å². The topological polar surface area (TPSA) is 219 Å². The van der Waals surface area contributed by atoms with Gasteiger partial charge in [-0.05, 0) is 107 Å². The molecule has 0 bridgehead atoms. The number of aromatic nitrogens is 4. The minimum absolute atomic E-state index is 0.0650. The molecular formula is C48H51N11O7. The summed E-state index contributed by atoms with van der Waals surface area (Å²) in [5.74, 6) is -2.40. The second-order valence-corrected chi connectivity index (χ2v) is 18.8. The summed E-state index contributed by atoms with van der Waals surface area (Å²) in [6, 6.07) is 15.6. The summed E-state index contributed by atoms with van der Waals surface area (Å²) >= 11 is 0. The van der Waals surface area contributed by atoms with Gasteiger partial charge in [0.15, 0.2) is 0 Å². The molecule has 1 unspecified atom stereocenters. The lowest BCUT2D eigenvalue weighted by atomic mass is 9.89. The van der Waals surface area contributed by atoms with Crippen molar-refractivity contribution in [2.45, 2.75) is 88.9 Å². The van der Waals surface area contributed by atoms with Gasteiger partial charge in [-0.25, -0.2) is 4.52 Å². The van der Waals surface area contributed by atoms with E-state index in [1.165, 1.54) is 10.7 Å². The Kier molecular flexibility index (Phi) is 10.9. The van der Waals surface area contributed by atoms with Crippen molar-refractivity contribution < 1.29 is 33.9 Å². The van der Waals surface area contributed by atoms with Gasteiger partial charge in [-0.3, -0.25) is 48.6 Å². The van der Waals surface area contributed by atoms with Crippen LogP contribution >= 0.6 is 0 Å². The van der Waals surface area contributed by atoms with Crippen LogP contribution < -0.4 is 15.5 Å². The summed E-state index contributed by atoms with van der Waals surface area (Å²) in [5.41, 5.74) is 3.09. The van der Waals surface area contributed by atoms with Crippen LogP contribution in [0.25, 0.3) is 16.4 Å². The maximum absolute atomic E-state index is 13.8. The fourth-order valence-corrected chi connectivity index (χ4v) is 10.6. The van der Waals surface area contributed by atoms with E-state index in [4.69, 9.17) is 5.10 Å². The number of aliphatic hydroxyl groups is 1. The Morgan fingerprint density at radius 2 is 1.58 bits per heavy atom. The molecule has 1 atom stereocenters. The number of carbonyl (C=O) groups is 6. The van der Waals surface area contributed by atoms with E-state index in [1.807, 2.05) is 34.0 Å². The summed E-state index contributed by atoms with van der Waals surface area (Å²) < 4.78 is 3.51. The fraction of sp³-hybridized carbons (Fsp3) is 0.438. The van der Waals surface area contributed by atoms with Crippen molar-refractivity contribution in [2.75, 3.05) is 49.5 Å². The van der Waals surface area contributed by atoms with Crippen molar-refractivity contribution in [3.63, 3.8) is 0 Å². The molecule has 4 fully saturated rings. The molecule has 4 aliphatic heterocycles. The zero-order chi connectivity index (χ0) is 46.0. The number of nitriles is 1. The van der Waals surface area contributed by atoms with Gasteiger partial charge in [0.2, 0.25) is 17.7 Å². The number of piperazine rings is 1. The van der Waals surface area contributed by atoms with Crippen LogP contribution in [0, 0.1) is 17.2 Å². The lowest BCUT2D eigenvalue weighted by Crippen LogP contribution is -2.54. The molecule has 2 aromatic carbocycles. The van der Waals surface area contributed by atoms with E-state index in [0.29, 0.717) is 73.1 Å². The number of carbonyl (C=O) groups excluding carboxylic acids is 6. The molecule has 18 heteroatoms. The van der Waals surface area contributed by atoms with E-state index >= 15 is 0 Å². The van der Waals surface area contributed by atoms with Crippen molar-refractivity contribution in [1.29, 1.82) is 5.26 Å². The van der Waals surface area contributed by atoms with Crippen LogP contribution in [-0.4, -0.2) is 126 Å². The molecule has 1 saturated carbocycles. The Morgan fingerprint density at radius 3 is 2.29 bits per heavy atom. The molecular weight excluding hydrogens is 843 g/mol. The molecule has 0 radical (unpaired) electrons. The smallest absolute Gasteiger partial charge is 0.274 e. The molecule has 1 aliphatic carbocycles. The third-order valence-electron chi connectivity index (χ3n) is 14.2. The third-order valence-corrected chi connectivity index (χ3v) is 14.2. The Hall–Kier alpha value is -6.97. The van der Waals surface area contributed by atoms with Gasteiger partial charge < -0.3 is 20.2 Å². The van der Waals surface area contributed by atoms with E-state index in [2.05, 4.69) is 31.6 Å². The SMILES string of the molecule is CC(C)(O)c1cc2nn(C3CCC(N4CCN(C(=O)C5CCN(c6ccc7c(c6)C(=O)N(C6CCC(=O)NC6=O)C7=O)CC5)CC4)CC3)cc2cc1NC(=O)c1ccc2cc(C#N)cnn12. The predicted octanol–water partition coefficient (Wildman–Crippen LogP) is 3.98. The first-order valence-electron chi connectivity index (χ1n) is 22.8. The van der Waals surface area contributed by atoms with Crippen LogP contribution in [0.2, 0.25) is 0 Å². The van der Waals surface area contributed by atoms with Gasteiger partial charge in [0.1, 0.15) is 17.8 Å². The van der Waals surface area contributed by atoms with Crippen molar-refractivity contribution in [1.82, 2.24) is 39.4 Å². The van der Waals surface area contributed by atoms with Gasteiger partial charge in [0.05, 0.1) is 45.6 Å². The molecule has 3 saturated heterocycles. The van der Waals surface area contributed by atoms with Crippen molar-refractivity contribution in [3.05, 3.63) is 88.9 Å². The third kappa shape index (κ3) is 7.85. The lowest BCUT2D eigenvalue weighted by molar-refractivity contribution is -0.138. The first-order valence-corrected chi connectivity index (χ1v) is 22.8. The Morgan fingerprint density at radius 1 is 0.848 bits per heavy atom. The van der Waals surface area contributed by atoms with Crippen molar-refractivity contribution >= 4 is 63.2 Å². The van der Waals surface area contributed by atoms with E-state index < -0.39 is 41.2 Å². The maximum Gasteiger partial charge on any atom is 0.274 e. The number of nitrogens with one attached hydrogen (secondary N) is 2. The molecule has 0 spiro atoms. The van der Waals surface area contributed by atoms with Crippen LogP contribution in [0.15, 0.2) is 60.9 Å². The molecule has 66 heavy (non-hydrogen) atoms. The second-order valence-electron chi connectivity index (χ2n) is 18.8. The maximum atomic E-state index is 13.8. The molecule has 3 N–H and O–H groups in total. The largest absolute Gasteiger partial charge is 0.386 e. The number of benzene rings is 2. The Labute approximate surface area is 380 Å². The summed E-state index contributed by atoms with van der Waals surface area (Å²) in [6.07, 6.45) is 8.89. The van der Waals surface area contributed by atoms with Crippen LogP contribution in [-0.2, 0) is 20.0 Å². The highest BCUT2D eigenvalue weighted by atomic mass is 16.3. The number of hydrogen-bond acceptors (Lipinski definition) is 12. The first kappa shape index (κ1) is 43.0. The minimum atomic E-state index is -1.27. The first-order chi connectivity index (χ1) is 31.7. The van der Waals surface area contributed by atoms with E-state index in [1.54, 1.807) is 44.2 Å². The standard InChI is InChI=1S/C48H51N11O7/c1-48(2,66)37-24-38-30(22-39(37)51-44(62)41-10-8-34-21-28(25-49)26-50-59(34)41)27-57(53-38)32-5-3-31(4-6-32)55-17-19-56(20-18-55)45(63)29-13-15-54(16-14-29)33-7-9-35-36(23-33)47(65)58(46(35)64)40-11-12-42(60)52-43(40)61/h7-10,21-24,26-27,29,31-32,40,66H,3-6,11-20H2,1-2H3,(H,51,62)(H,52,60,61). The van der Waals surface area contributed by atoms with Gasteiger partial charge >= 0.3 is 0 Å². The average Bonchev–Trinajstić information content (AvgIpc) is 4.01. The molecule has 5 aliphatic rings. The highest BCUT2D eigenvalue weighted by Gasteiger charge is 2.45. The van der Waals surface area contributed by atoms with E-state index in [9.17, 15) is 39.1 Å². The highest BCUT2D eigenvalue weighted by molar-refractivity contribution is 6.23. The number of amides is 6. The average molecular weight is 894 g/mol. The van der Waals surface area contributed by atoms with Gasteiger partial charge in [-0.15, -0.1) is 0 Å². The van der Waals surface area contributed by atoms with Crippen molar-refractivity contribution in [2.24, 2.45) is 5.92 Å². The zero-order valence-electron chi connectivity index (χ0n) is 36.9. The number of imide groups is 2. The molecule has 10 rings (SSSR count). The predicted molar refractivity (Wildman–Crippen MR) is 240 cm³/mol. The second kappa shape index (κ2) is 16.8. The normalized spacial score (nSPS) is 22.2. The van der Waals surface area contributed by atoms with Crippen molar-refractivity contribution in [3.8, 4) is 6.07 Å². The van der Waals surface area contributed by atoms with E-state index in [-0.39, 0.29) is 41.8 Å². The molecule has 6 amide bonds. The number of fused-ring (bicyclic) bond motifs is 3. The summed E-state index contributed by atoms with van der Waals surface area (Å²) in [6.45, 7) is 7.66. The van der Waals surface area contributed by atoms with Gasteiger partial charge in [-0.2, -0.15) is 15.5 Å². The quantitative estimate of drug-likeness (QED) is 0.189. The molecule has 3 aromatic heterocycles. The fourth-order valence-electron chi connectivity index (χ4n) is 10.6. The molecule has 5 aromatic rings. The van der Waals surface area contributed by atoms with Gasteiger partial charge in [0, 0.05) is 86.2 Å². The lowest BCUT2D eigenvalue weighted by Gasteiger charge is -2.43. The number of hydrogen-bond donors (Lipinski definition) is 3. The highest BCUT2D eigenvalue weighted by Crippen LogP contribution is 2.37. The van der Waals surface area contributed by atoms with Gasteiger partial charge in [-0.1, -0.05) is 0 Å². The monoisotopic (exact) mass is 893 g/mol. The van der Waals surface area contributed by atoms with Crippen LogP contribution in [0.4, 0.5) is 11.4 Å². The molecule has 340 valence electrons. The van der Waals surface area contributed by atoms with Crippen LogP contribution in [0.5, 0.6) is 0 Å². The zero-order valence-corrected chi connectivity index (χ0v) is 36.9. The Balaban J connectivity index is 0.712. The minimum Gasteiger partial charge on any atom is -0.386 e. The number of piperidine rings is 2. The van der Waals surface area contributed by atoms with Crippen LogP contribution in [0.1, 0.15) is 114 Å². The summed E-state index contributed by atoms with van der Waals surface area (Å²) in [7, 11) is 0. The van der Waals surface area contributed by atoms with Crippen LogP contribution in [0.3, 0.4) is 0 Å². The number of nitrogens with zero attached hydrogens (tertiary/aromatic N) is 9. The molecule has 18 nitrogen and oxygen atoms in total. The molecule has 7 heterocycles. The summed E-state index contributed by atoms with van der Waals surface area (Å²) in [4.78, 5) is 85.7. The number of rotatable bonds is 8. The summed E-state index contributed by atoms with van der Waals surface area (Å²) in [5, 5.41) is 35.7. The van der Waals surface area contributed by atoms with E-state index in [0.717, 1.165) is 60.3 Å². The Bertz CT molecular complexity index is 2870. The number of anilines is 2.